The van der Waals surface area contributed by atoms with Crippen LogP contribution in [-0.2, 0) is 10.8 Å². The average molecular weight is 542 g/mol. The summed E-state index contributed by atoms with van der Waals surface area (Å²) in [5.41, 5.74) is 11.4. The van der Waals surface area contributed by atoms with Gasteiger partial charge in [-0.25, -0.2) is 0 Å². The molecule has 0 spiro atoms. The number of hydrogen-bond acceptors (Lipinski definition) is 2. The van der Waals surface area contributed by atoms with Gasteiger partial charge in [0.15, 0.2) is 0 Å². The van der Waals surface area contributed by atoms with Crippen molar-refractivity contribution in [3.05, 3.63) is 107 Å². The first-order valence-corrected chi connectivity index (χ1v) is 15.6. The van der Waals surface area contributed by atoms with E-state index in [4.69, 9.17) is 0 Å². The number of anilines is 2. The Bertz CT molecular complexity index is 1810. The van der Waals surface area contributed by atoms with E-state index in [-0.39, 0.29) is 10.8 Å². The van der Waals surface area contributed by atoms with Crippen LogP contribution in [0, 0.1) is 0 Å². The minimum absolute atomic E-state index is 0.0158. The summed E-state index contributed by atoms with van der Waals surface area (Å²) in [6.07, 6.45) is 5.77. The molecule has 2 atom stereocenters. The van der Waals surface area contributed by atoms with Crippen molar-refractivity contribution in [1.29, 1.82) is 0 Å². The predicted molar refractivity (Wildman–Crippen MR) is 176 cm³/mol. The van der Waals surface area contributed by atoms with E-state index in [1.807, 2.05) is 11.3 Å². The van der Waals surface area contributed by atoms with E-state index in [0.29, 0.717) is 12.0 Å². The SMILES string of the molecule is C/C=C\C1c2cc3c(cc2N(c2ccc(C(C)(C)C)cc2)C1CC)sc1ccc2c(c13)-c1ccccc1C2(C)C. The van der Waals surface area contributed by atoms with Crippen LogP contribution in [0.2, 0.25) is 0 Å². The van der Waals surface area contributed by atoms with E-state index < -0.39 is 0 Å². The summed E-state index contributed by atoms with van der Waals surface area (Å²) in [7, 11) is 0. The zero-order valence-electron chi connectivity index (χ0n) is 24.8. The molecule has 0 fully saturated rings. The molecule has 2 heteroatoms. The molecule has 2 heterocycles. The van der Waals surface area contributed by atoms with Gasteiger partial charge in [-0.15, -0.1) is 11.3 Å². The van der Waals surface area contributed by atoms with E-state index in [9.17, 15) is 0 Å². The normalized spacial score (nSPS) is 19.5. The highest BCUT2D eigenvalue weighted by Crippen LogP contribution is 2.56. The molecule has 1 aliphatic heterocycles. The molecule has 5 aromatic rings. The summed E-state index contributed by atoms with van der Waals surface area (Å²) in [4.78, 5) is 2.62. The third-order valence-corrected chi connectivity index (χ3v) is 10.6. The van der Waals surface area contributed by atoms with Crippen LogP contribution < -0.4 is 4.90 Å². The lowest BCUT2D eigenvalue weighted by atomic mass is 9.82. The monoisotopic (exact) mass is 541 g/mol. The van der Waals surface area contributed by atoms with Crippen molar-refractivity contribution in [1.82, 2.24) is 0 Å². The van der Waals surface area contributed by atoms with Crippen molar-refractivity contribution < 1.29 is 0 Å². The van der Waals surface area contributed by atoms with Gasteiger partial charge < -0.3 is 4.90 Å². The number of nitrogens with zero attached hydrogens (tertiary/aromatic N) is 1. The van der Waals surface area contributed by atoms with E-state index in [2.05, 4.69) is 138 Å². The molecule has 0 amide bonds. The molecular weight excluding hydrogens is 502 g/mol. The fraction of sp³-hybridized carbons (Fsp3) is 0.316. The first kappa shape index (κ1) is 25.6. The number of rotatable bonds is 3. The van der Waals surface area contributed by atoms with Gasteiger partial charge in [-0.3, -0.25) is 0 Å². The fourth-order valence-corrected chi connectivity index (χ4v) is 8.59. The van der Waals surface area contributed by atoms with Crippen molar-refractivity contribution >= 4 is 42.9 Å². The summed E-state index contributed by atoms with van der Waals surface area (Å²) in [5.74, 6) is 0.368. The smallest absolute Gasteiger partial charge is 0.0467 e. The molecule has 0 bridgehead atoms. The molecule has 4 aromatic carbocycles. The average Bonchev–Trinajstić information content (AvgIpc) is 3.52. The molecule has 2 unspecified atom stereocenters. The molecular formula is C38H39NS. The lowest BCUT2D eigenvalue weighted by Crippen LogP contribution is -2.29. The van der Waals surface area contributed by atoms with Crippen molar-refractivity contribution in [3.8, 4) is 11.1 Å². The van der Waals surface area contributed by atoms with Gasteiger partial charge >= 0.3 is 0 Å². The van der Waals surface area contributed by atoms with Crippen LogP contribution in [0.15, 0.2) is 84.9 Å². The van der Waals surface area contributed by atoms with Crippen molar-refractivity contribution in [3.63, 3.8) is 0 Å². The second kappa shape index (κ2) is 8.82. The molecule has 202 valence electrons. The number of hydrogen-bond donors (Lipinski definition) is 0. The van der Waals surface area contributed by atoms with Gasteiger partial charge in [0.2, 0.25) is 0 Å². The summed E-state index contributed by atoms with van der Waals surface area (Å²) in [5, 5.41) is 2.86. The predicted octanol–water partition coefficient (Wildman–Crippen LogP) is 11.2. The second-order valence-electron chi connectivity index (χ2n) is 13.2. The van der Waals surface area contributed by atoms with Gasteiger partial charge in [-0.05, 0) is 82.5 Å². The quantitative estimate of drug-likeness (QED) is 0.205. The van der Waals surface area contributed by atoms with Crippen LogP contribution in [0.4, 0.5) is 11.4 Å². The van der Waals surface area contributed by atoms with Crippen molar-refractivity contribution in [2.45, 2.75) is 77.7 Å². The van der Waals surface area contributed by atoms with Crippen LogP contribution in [0.5, 0.6) is 0 Å². The Balaban J connectivity index is 1.48. The van der Waals surface area contributed by atoms with Gasteiger partial charge in [0.25, 0.3) is 0 Å². The highest BCUT2D eigenvalue weighted by Gasteiger charge is 2.39. The third kappa shape index (κ3) is 3.51. The summed E-state index contributed by atoms with van der Waals surface area (Å²) in [6.45, 7) is 16.1. The minimum atomic E-state index is 0.0158. The van der Waals surface area contributed by atoms with Crippen LogP contribution >= 0.6 is 11.3 Å². The van der Waals surface area contributed by atoms with Crippen LogP contribution in [0.25, 0.3) is 31.3 Å². The summed E-state index contributed by atoms with van der Waals surface area (Å²) in [6, 6.07) is 28.6. The Hall–Kier alpha value is -3.36. The van der Waals surface area contributed by atoms with Crippen LogP contribution in [0.1, 0.15) is 83.1 Å². The highest BCUT2D eigenvalue weighted by molar-refractivity contribution is 7.26. The van der Waals surface area contributed by atoms with E-state index in [1.165, 1.54) is 64.9 Å². The summed E-state index contributed by atoms with van der Waals surface area (Å²) < 4.78 is 2.78. The molecule has 0 saturated carbocycles. The van der Waals surface area contributed by atoms with Crippen LogP contribution in [-0.4, -0.2) is 6.04 Å². The minimum Gasteiger partial charge on any atom is -0.337 e. The highest BCUT2D eigenvalue weighted by atomic mass is 32.1. The first-order chi connectivity index (χ1) is 19.1. The maximum atomic E-state index is 2.62. The number of benzene rings is 4. The molecule has 0 N–H and O–H groups in total. The Kier molecular flexibility index (Phi) is 5.64. The van der Waals surface area contributed by atoms with Gasteiger partial charge in [0.1, 0.15) is 0 Å². The van der Waals surface area contributed by atoms with Crippen molar-refractivity contribution in [2.75, 3.05) is 4.90 Å². The second-order valence-corrected chi connectivity index (χ2v) is 14.3. The maximum absolute atomic E-state index is 2.62. The molecule has 40 heavy (non-hydrogen) atoms. The lowest BCUT2D eigenvalue weighted by molar-refractivity contribution is 0.589. The van der Waals surface area contributed by atoms with Crippen molar-refractivity contribution in [2.24, 2.45) is 0 Å². The Morgan fingerprint density at radius 2 is 1.65 bits per heavy atom. The molecule has 0 radical (unpaired) electrons. The Morgan fingerprint density at radius 1 is 0.900 bits per heavy atom. The maximum Gasteiger partial charge on any atom is 0.0467 e. The lowest BCUT2D eigenvalue weighted by Gasteiger charge is -2.30. The molecule has 2 aliphatic rings. The van der Waals surface area contributed by atoms with Gasteiger partial charge in [0.05, 0.1) is 0 Å². The largest absolute Gasteiger partial charge is 0.337 e. The van der Waals surface area contributed by atoms with Crippen LogP contribution in [0.3, 0.4) is 0 Å². The zero-order valence-corrected chi connectivity index (χ0v) is 25.6. The topological polar surface area (TPSA) is 3.24 Å². The standard InChI is InChI=1S/C38H39NS/c1-8-12-25-27-21-28-34(22-32(27)39(31(25)9-2)24-17-15-23(16-18-24)37(3,4)5)40-33-20-19-30-35(36(28)33)26-13-10-11-14-29(26)38(30,6)7/h8,10-22,25,31H,9H2,1-7H3/b12-8-. The van der Waals surface area contributed by atoms with Gasteiger partial charge in [0, 0.05) is 48.9 Å². The Morgan fingerprint density at radius 3 is 2.35 bits per heavy atom. The number of thiophene rings is 1. The third-order valence-electron chi connectivity index (χ3n) is 9.52. The van der Waals surface area contributed by atoms with Gasteiger partial charge in [-0.1, -0.05) is 96.2 Å². The Labute approximate surface area is 243 Å². The zero-order chi connectivity index (χ0) is 28.0. The molecule has 1 aliphatic carbocycles. The fourth-order valence-electron chi connectivity index (χ4n) is 7.46. The van der Waals surface area contributed by atoms with Gasteiger partial charge in [-0.2, -0.15) is 0 Å². The molecule has 0 saturated heterocycles. The molecule has 1 nitrogen and oxygen atoms in total. The molecule has 1 aromatic heterocycles. The number of fused-ring (bicyclic) bond motifs is 8. The van der Waals surface area contributed by atoms with E-state index >= 15 is 0 Å². The first-order valence-electron chi connectivity index (χ1n) is 14.8. The number of allylic oxidation sites excluding steroid dienone is 1. The van der Waals surface area contributed by atoms with E-state index in [0.717, 1.165) is 6.42 Å². The van der Waals surface area contributed by atoms with E-state index in [1.54, 1.807) is 0 Å². The summed E-state index contributed by atoms with van der Waals surface area (Å²) >= 11 is 1.95. The molecule has 7 rings (SSSR count).